The molecule has 10 heteroatoms. The van der Waals surface area contributed by atoms with Crippen LogP contribution in [0.4, 0.5) is 14.5 Å². The molecule has 1 fully saturated rings. The van der Waals surface area contributed by atoms with Crippen molar-refractivity contribution in [2.45, 2.75) is 13.1 Å². The summed E-state index contributed by atoms with van der Waals surface area (Å²) >= 11 is 0. The quantitative estimate of drug-likeness (QED) is 0.872. The van der Waals surface area contributed by atoms with Gasteiger partial charge in [-0.25, -0.2) is 8.78 Å². The molecular formula is C14H19Cl2F2N5O. The van der Waals surface area contributed by atoms with Crippen LogP contribution in [0.25, 0.3) is 0 Å². The molecule has 134 valence electrons. The molecule has 0 amide bonds. The van der Waals surface area contributed by atoms with Gasteiger partial charge in [0.05, 0.1) is 18.8 Å². The van der Waals surface area contributed by atoms with E-state index < -0.39 is 11.6 Å². The Balaban J connectivity index is 0.00000144. The van der Waals surface area contributed by atoms with E-state index in [4.69, 9.17) is 10.3 Å². The Morgan fingerprint density at radius 1 is 1.12 bits per heavy atom. The third kappa shape index (κ3) is 4.76. The zero-order valence-corrected chi connectivity index (χ0v) is 14.5. The molecule has 1 aromatic heterocycles. The number of anilines is 1. The first-order valence-electron chi connectivity index (χ1n) is 7.09. The lowest BCUT2D eigenvalue weighted by Crippen LogP contribution is -2.46. The second kappa shape index (κ2) is 9.12. The Bertz CT molecular complexity index is 650. The lowest BCUT2D eigenvalue weighted by molar-refractivity contribution is 0.239. The van der Waals surface area contributed by atoms with Crippen LogP contribution < -0.4 is 10.6 Å². The first kappa shape index (κ1) is 20.6. The fraction of sp³-hybridized carbons (Fsp3) is 0.429. The molecule has 0 radical (unpaired) electrons. The predicted octanol–water partition coefficient (Wildman–Crippen LogP) is 1.97. The van der Waals surface area contributed by atoms with Gasteiger partial charge in [0, 0.05) is 32.2 Å². The zero-order valence-electron chi connectivity index (χ0n) is 12.8. The highest BCUT2D eigenvalue weighted by Crippen LogP contribution is 2.22. The fourth-order valence-corrected chi connectivity index (χ4v) is 2.51. The molecule has 1 saturated heterocycles. The number of rotatable bonds is 4. The minimum atomic E-state index is -0.431. The van der Waals surface area contributed by atoms with Gasteiger partial charge in [0.2, 0.25) is 5.89 Å². The lowest BCUT2D eigenvalue weighted by atomic mass is 10.2. The maximum absolute atomic E-state index is 13.8. The molecule has 0 saturated carbocycles. The van der Waals surface area contributed by atoms with Crippen molar-refractivity contribution in [1.82, 2.24) is 15.0 Å². The number of nitrogens with zero attached hydrogens (tertiary/aromatic N) is 4. The predicted molar refractivity (Wildman–Crippen MR) is 90.5 cm³/mol. The van der Waals surface area contributed by atoms with Gasteiger partial charge in [-0.05, 0) is 12.1 Å². The van der Waals surface area contributed by atoms with Crippen molar-refractivity contribution in [2.24, 2.45) is 5.73 Å². The van der Waals surface area contributed by atoms with Crippen LogP contribution >= 0.6 is 24.8 Å². The smallest absolute Gasteiger partial charge is 0.240 e. The van der Waals surface area contributed by atoms with Crippen LogP contribution in [0.15, 0.2) is 22.7 Å². The Hall–Kier alpha value is -1.48. The average Bonchev–Trinajstić information content (AvgIpc) is 2.98. The minimum absolute atomic E-state index is 0. The van der Waals surface area contributed by atoms with Gasteiger partial charge in [0.25, 0.3) is 0 Å². The van der Waals surface area contributed by atoms with Gasteiger partial charge in [-0.2, -0.15) is 4.98 Å². The van der Waals surface area contributed by atoms with E-state index in [1.807, 2.05) is 4.90 Å². The van der Waals surface area contributed by atoms with Gasteiger partial charge in [0.1, 0.15) is 11.6 Å². The van der Waals surface area contributed by atoms with Crippen molar-refractivity contribution in [3.63, 3.8) is 0 Å². The molecule has 2 heterocycles. The van der Waals surface area contributed by atoms with Crippen LogP contribution in [0.5, 0.6) is 0 Å². The van der Waals surface area contributed by atoms with Gasteiger partial charge in [0.15, 0.2) is 5.82 Å². The summed E-state index contributed by atoms with van der Waals surface area (Å²) in [6.07, 6.45) is 0. The summed E-state index contributed by atoms with van der Waals surface area (Å²) in [7, 11) is 0. The molecule has 1 aliphatic heterocycles. The normalized spacial score (nSPS) is 14.9. The summed E-state index contributed by atoms with van der Waals surface area (Å²) < 4.78 is 32.0. The molecule has 3 rings (SSSR count). The molecule has 0 atom stereocenters. The Kier molecular flexibility index (Phi) is 7.82. The highest BCUT2D eigenvalue weighted by molar-refractivity contribution is 5.85. The second-order valence-corrected chi connectivity index (χ2v) is 5.17. The Morgan fingerprint density at radius 3 is 2.46 bits per heavy atom. The summed E-state index contributed by atoms with van der Waals surface area (Å²) in [6.45, 7) is 3.43. The summed E-state index contributed by atoms with van der Waals surface area (Å²) in [5, 5.41) is 3.85. The van der Waals surface area contributed by atoms with Crippen LogP contribution in [0.2, 0.25) is 0 Å². The molecule has 0 bridgehead atoms. The largest absolute Gasteiger partial charge is 0.367 e. The van der Waals surface area contributed by atoms with Gasteiger partial charge >= 0.3 is 0 Å². The van der Waals surface area contributed by atoms with E-state index in [2.05, 4.69) is 15.0 Å². The Morgan fingerprint density at radius 2 is 1.83 bits per heavy atom. The van der Waals surface area contributed by atoms with Crippen molar-refractivity contribution >= 4 is 30.5 Å². The molecule has 0 unspecified atom stereocenters. The highest BCUT2D eigenvalue weighted by atomic mass is 35.5. The molecule has 2 N–H and O–H groups in total. The number of nitrogens with two attached hydrogens (primary N) is 1. The highest BCUT2D eigenvalue weighted by Gasteiger charge is 2.21. The van der Waals surface area contributed by atoms with Gasteiger partial charge in [-0.3, -0.25) is 4.90 Å². The second-order valence-electron chi connectivity index (χ2n) is 5.17. The van der Waals surface area contributed by atoms with E-state index in [1.165, 1.54) is 6.07 Å². The number of hydrogen-bond donors (Lipinski definition) is 1. The van der Waals surface area contributed by atoms with Crippen LogP contribution in [-0.2, 0) is 13.1 Å². The lowest BCUT2D eigenvalue weighted by Gasteiger charge is -2.35. The Labute approximate surface area is 150 Å². The molecule has 0 spiro atoms. The molecule has 0 aliphatic carbocycles. The van der Waals surface area contributed by atoms with Crippen molar-refractivity contribution in [3.05, 3.63) is 41.5 Å². The molecule has 1 aliphatic rings. The number of benzene rings is 1. The van der Waals surface area contributed by atoms with E-state index in [0.29, 0.717) is 50.1 Å². The van der Waals surface area contributed by atoms with Crippen molar-refractivity contribution < 1.29 is 13.3 Å². The summed E-state index contributed by atoms with van der Waals surface area (Å²) in [5.74, 6) is 0.168. The topological polar surface area (TPSA) is 71.4 Å². The van der Waals surface area contributed by atoms with Crippen LogP contribution in [-0.4, -0.2) is 41.2 Å². The standard InChI is InChI=1S/C14H17F2N5O.2ClH/c15-10-1-2-11(16)12(7-10)21-5-3-20(4-6-21)9-13-18-14(8-17)22-19-13;;/h1-2,7H,3-6,8-9,17H2;2*1H. The minimum Gasteiger partial charge on any atom is -0.367 e. The van der Waals surface area contributed by atoms with Gasteiger partial charge < -0.3 is 15.2 Å². The number of aromatic nitrogens is 2. The van der Waals surface area contributed by atoms with Crippen LogP contribution in [0.1, 0.15) is 11.7 Å². The maximum atomic E-state index is 13.8. The summed E-state index contributed by atoms with van der Waals surface area (Å²) in [6, 6.07) is 3.52. The molecular weight excluding hydrogens is 363 g/mol. The van der Waals surface area contributed by atoms with E-state index >= 15 is 0 Å². The van der Waals surface area contributed by atoms with Crippen LogP contribution in [0, 0.1) is 11.6 Å². The van der Waals surface area contributed by atoms with E-state index in [-0.39, 0.29) is 31.4 Å². The average molecular weight is 382 g/mol. The van der Waals surface area contributed by atoms with Crippen molar-refractivity contribution in [2.75, 3.05) is 31.1 Å². The third-order valence-corrected chi connectivity index (χ3v) is 3.67. The van der Waals surface area contributed by atoms with E-state index in [1.54, 1.807) is 0 Å². The first-order valence-corrected chi connectivity index (χ1v) is 7.09. The molecule has 2 aromatic rings. The van der Waals surface area contributed by atoms with Gasteiger partial charge in [-0.1, -0.05) is 5.16 Å². The zero-order chi connectivity index (χ0) is 15.5. The first-order chi connectivity index (χ1) is 10.7. The van der Waals surface area contributed by atoms with Crippen molar-refractivity contribution in [1.29, 1.82) is 0 Å². The SMILES string of the molecule is Cl.Cl.NCc1nc(CN2CCN(c3cc(F)ccc3F)CC2)no1. The van der Waals surface area contributed by atoms with Gasteiger partial charge in [-0.15, -0.1) is 24.8 Å². The van der Waals surface area contributed by atoms with E-state index in [0.717, 1.165) is 12.1 Å². The third-order valence-electron chi connectivity index (χ3n) is 3.67. The van der Waals surface area contributed by atoms with E-state index in [9.17, 15) is 8.78 Å². The molecule has 6 nitrogen and oxygen atoms in total. The number of piperazine rings is 1. The number of halogens is 4. The summed E-state index contributed by atoms with van der Waals surface area (Å²) in [5.41, 5.74) is 5.73. The fourth-order valence-electron chi connectivity index (χ4n) is 2.51. The van der Waals surface area contributed by atoms with Crippen LogP contribution in [0.3, 0.4) is 0 Å². The maximum Gasteiger partial charge on any atom is 0.240 e. The number of hydrogen-bond acceptors (Lipinski definition) is 6. The monoisotopic (exact) mass is 381 g/mol. The molecule has 24 heavy (non-hydrogen) atoms. The van der Waals surface area contributed by atoms with Crippen molar-refractivity contribution in [3.8, 4) is 0 Å². The summed E-state index contributed by atoms with van der Waals surface area (Å²) in [4.78, 5) is 8.14. The molecule has 1 aromatic carbocycles.